The van der Waals surface area contributed by atoms with E-state index in [2.05, 4.69) is 30.3 Å². The molecule has 0 saturated carbocycles. The molecule has 0 bridgehead atoms. The van der Waals surface area contributed by atoms with Gasteiger partial charge in [0.15, 0.2) is 0 Å². The monoisotopic (exact) mass is 247 g/mol. The SMILES string of the molecule is CCCNCc1oc(Cn2nccc2C)cc1C. The number of nitrogens with one attached hydrogen (secondary N) is 1. The number of aryl methyl sites for hydroxylation is 2. The maximum atomic E-state index is 5.87. The molecule has 0 spiro atoms. The van der Waals surface area contributed by atoms with Crippen LogP contribution in [0.25, 0.3) is 0 Å². The lowest BCUT2D eigenvalue weighted by Crippen LogP contribution is -2.13. The first kappa shape index (κ1) is 12.9. The summed E-state index contributed by atoms with van der Waals surface area (Å²) in [5.41, 5.74) is 2.35. The van der Waals surface area contributed by atoms with Gasteiger partial charge in [0.2, 0.25) is 0 Å². The minimum Gasteiger partial charge on any atom is -0.462 e. The van der Waals surface area contributed by atoms with E-state index < -0.39 is 0 Å². The van der Waals surface area contributed by atoms with Crippen molar-refractivity contribution in [1.29, 1.82) is 0 Å². The number of hydrogen-bond donors (Lipinski definition) is 1. The fourth-order valence-electron chi connectivity index (χ4n) is 1.93. The molecule has 0 amide bonds. The van der Waals surface area contributed by atoms with E-state index in [0.717, 1.165) is 36.7 Å². The van der Waals surface area contributed by atoms with E-state index in [4.69, 9.17) is 4.42 Å². The second kappa shape index (κ2) is 5.87. The van der Waals surface area contributed by atoms with Gasteiger partial charge in [-0.15, -0.1) is 0 Å². The summed E-state index contributed by atoms with van der Waals surface area (Å²) in [6.07, 6.45) is 2.95. The van der Waals surface area contributed by atoms with Crippen molar-refractivity contribution in [2.24, 2.45) is 0 Å². The van der Waals surface area contributed by atoms with Crippen LogP contribution in [-0.2, 0) is 13.1 Å². The van der Waals surface area contributed by atoms with Crippen LogP contribution in [0.15, 0.2) is 22.7 Å². The summed E-state index contributed by atoms with van der Waals surface area (Å²) < 4.78 is 7.81. The Morgan fingerprint density at radius 1 is 1.39 bits per heavy atom. The molecule has 0 unspecified atom stereocenters. The molecule has 18 heavy (non-hydrogen) atoms. The first-order chi connectivity index (χ1) is 8.70. The fraction of sp³-hybridized carbons (Fsp3) is 0.500. The van der Waals surface area contributed by atoms with E-state index in [9.17, 15) is 0 Å². The molecule has 0 aliphatic rings. The fourth-order valence-corrected chi connectivity index (χ4v) is 1.93. The molecule has 2 aromatic rings. The van der Waals surface area contributed by atoms with E-state index in [1.807, 2.05) is 23.9 Å². The van der Waals surface area contributed by atoms with Gasteiger partial charge in [0.25, 0.3) is 0 Å². The second-order valence-electron chi connectivity index (χ2n) is 4.63. The molecule has 0 aliphatic heterocycles. The Morgan fingerprint density at radius 2 is 2.22 bits per heavy atom. The summed E-state index contributed by atoms with van der Waals surface area (Å²) in [7, 11) is 0. The number of furan rings is 1. The molecule has 0 aromatic carbocycles. The van der Waals surface area contributed by atoms with Gasteiger partial charge in [-0.05, 0) is 44.5 Å². The second-order valence-corrected chi connectivity index (χ2v) is 4.63. The van der Waals surface area contributed by atoms with Crippen molar-refractivity contribution in [1.82, 2.24) is 15.1 Å². The quantitative estimate of drug-likeness (QED) is 0.798. The van der Waals surface area contributed by atoms with Gasteiger partial charge in [-0.3, -0.25) is 4.68 Å². The van der Waals surface area contributed by atoms with Crippen molar-refractivity contribution in [2.45, 2.75) is 40.3 Å². The van der Waals surface area contributed by atoms with Crippen molar-refractivity contribution in [3.8, 4) is 0 Å². The normalized spacial score (nSPS) is 11.1. The summed E-state index contributed by atoms with van der Waals surface area (Å²) in [6.45, 7) is 8.82. The predicted octanol–water partition coefficient (Wildman–Crippen LogP) is 2.64. The maximum absolute atomic E-state index is 5.87. The van der Waals surface area contributed by atoms with Crippen molar-refractivity contribution >= 4 is 0 Å². The summed E-state index contributed by atoms with van der Waals surface area (Å²) in [5.74, 6) is 2.00. The van der Waals surface area contributed by atoms with Gasteiger partial charge in [0.05, 0.1) is 13.1 Å². The highest BCUT2D eigenvalue weighted by atomic mass is 16.3. The average molecular weight is 247 g/mol. The lowest BCUT2D eigenvalue weighted by Gasteiger charge is -2.02. The smallest absolute Gasteiger partial charge is 0.126 e. The standard InChI is InChI=1S/C14H21N3O/c1-4-6-15-9-14-11(2)8-13(18-14)10-17-12(3)5-7-16-17/h5,7-8,15H,4,6,9-10H2,1-3H3. The van der Waals surface area contributed by atoms with Crippen LogP contribution in [0.5, 0.6) is 0 Å². The first-order valence-corrected chi connectivity index (χ1v) is 6.48. The maximum Gasteiger partial charge on any atom is 0.126 e. The van der Waals surface area contributed by atoms with Gasteiger partial charge in [-0.2, -0.15) is 5.10 Å². The molecule has 0 aliphatic carbocycles. The summed E-state index contributed by atoms with van der Waals surface area (Å²) in [5, 5.41) is 7.63. The van der Waals surface area contributed by atoms with Crippen LogP contribution in [-0.4, -0.2) is 16.3 Å². The summed E-state index contributed by atoms with van der Waals surface area (Å²) >= 11 is 0. The van der Waals surface area contributed by atoms with E-state index in [1.54, 1.807) is 0 Å². The molecule has 1 N–H and O–H groups in total. The summed E-state index contributed by atoms with van der Waals surface area (Å²) in [6, 6.07) is 4.10. The van der Waals surface area contributed by atoms with Crippen LogP contribution in [0, 0.1) is 13.8 Å². The number of rotatable bonds is 6. The van der Waals surface area contributed by atoms with Crippen molar-refractivity contribution < 1.29 is 4.42 Å². The molecular formula is C14H21N3O. The largest absolute Gasteiger partial charge is 0.462 e. The minimum atomic E-state index is 0.702. The minimum absolute atomic E-state index is 0.702. The van der Waals surface area contributed by atoms with Crippen molar-refractivity contribution in [3.63, 3.8) is 0 Å². The van der Waals surface area contributed by atoms with Crippen molar-refractivity contribution in [2.75, 3.05) is 6.54 Å². The third kappa shape index (κ3) is 3.01. The zero-order chi connectivity index (χ0) is 13.0. The molecule has 98 valence electrons. The Bertz CT molecular complexity index is 499. The lowest BCUT2D eigenvalue weighted by molar-refractivity contribution is 0.427. The first-order valence-electron chi connectivity index (χ1n) is 6.48. The third-order valence-corrected chi connectivity index (χ3v) is 3.02. The Hall–Kier alpha value is -1.55. The Balaban J connectivity index is 2.02. The van der Waals surface area contributed by atoms with Crippen LogP contribution in [0.2, 0.25) is 0 Å². The van der Waals surface area contributed by atoms with Crippen molar-refractivity contribution in [3.05, 3.63) is 41.1 Å². The Kier molecular flexibility index (Phi) is 4.20. The molecule has 4 nitrogen and oxygen atoms in total. The molecule has 0 atom stereocenters. The number of hydrogen-bond acceptors (Lipinski definition) is 3. The highest BCUT2D eigenvalue weighted by Crippen LogP contribution is 2.16. The van der Waals surface area contributed by atoms with Gasteiger partial charge >= 0.3 is 0 Å². The molecule has 0 saturated heterocycles. The zero-order valence-electron chi connectivity index (χ0n) is 11.4. The number of nitrogens with zero attached hydrogens (tertiary/aromatic N) is 2. The molecule has 4 heteroatoms. The lowest BCUT2D eigenvalue weighted by atomic mass is 10.2. The van der Waals surface area contributed by atoms with Crippen LogP contribution in [0.4, 0.5) is 0 Å². The Labute approximate surface area is 108 Å². The van der Waals surface area contributed by atoms with Crippen LogP contribution >= 0.6 is 0 Å². The predicted molar refractivity (Wildman–Crippen MR) is 71.5 cm³/mol. The summed E-state index contributed by atoms with van der Waals surface area (Å²) in [4.78, 5) is 0. The highest BCUT2D eigenvalue weighted by Gasteiger charge is 2.08. The van der Waals surface area contributed by atoms with Gasteiger partial charge in [-0.25, -0.2) is 0 Å². The molecule has 2 aromatic heterocycles. The van der Waals surface area contributed by atoms with Crippen LogP contribution in [0.3, 0.4) is 0 Å². The topological polar surface area (TPSA) is 43.0 Å². The number of aromatic nitrogens is 2. The highest BCUT2D eigenvalue weighted by molar-refractivity contribution is 5.20. The molecule has 2 heterocycles. The molecule has 2 rings (SSSR count). The van der Waals surface area contributed by atoms with Crippen LogP contribution in [0.1, 0.15) is 36.1 Å². The van der Waals surface area contributed by atoms with E-state index >= 15 is 0 Å². The van der Waals surface area contributed by atoms with E-state index in [1.165, 1.54) is 5.56 Å². The zero-order valence-corrected chi connectivity index (χ0v) is 11.4. The average Bonchev–Trinajstić information content (AvgIpc) is 2.88. The molecule has 0 fully saturated rings. The Morgan fingerprint density at radius 3 is 2.89 bits per heavy atom. The van der Waals surface area contributed by atoms with Gasteiger partial charge < -0.3 is 9.73 Å². The third-order valence-electron chi connectivity index (χ3n) is 3.02. The van der Waals surface area contributed by atoms with Gasteiger partial charge in [0, 0.05) is 11.9 Å². The van der Waals surface area contributed by atoms with E-state index in [-0.39, 0.29) is 0 Å². The van der Waals surface area contributed by atoms with E-state index in [0.29, 0.717) is 6.54 Å². The van der Waals surface area contributed by atoms with Gasteiger partial charge in [0.1, 0.15) is 11.5 Å². The molecule has 0 radical (unpaired) electrons. The molecular weight excluding hydrogens is 226 g/mol. The van der Waals surface area contributed by atoms with Gasteiger partial charge in [-0.1, -0.05) is 6.92 Å². The van der Waals surface area contributed by atoms with Crippen LogP contribution < -0.4 is 5.32 Å².